The molecule has 1 unspecified atom stereocenters. The molecule has 0 spiro atoms. The third-order valence-electron chi connectivity index (χ3n) is 11.3. The number of ether oxygens (including phenoxy) is 1. The van der Waals surface area contributed by atoms with Crippen molar-refractivity contribution >= 4 is 44.7 Å². The van der Waals surface area contributed by atoms with Crippen LogP contribution in [0.1, 0.15) is 41.7 Å². The summed E-state index contributed by atoms with van der Waals surface area (Å²) in [6, 6.07) is 53.9. The first kappa shape index (κ1) is 32.2. The Morgan fingerprint density at radius 1 is 0.556 bits per heavy atom. The number of hydrogen-bond donors (Lipinski definition) is 0. The summed E-state index contributed by atoms with van der Waals surface area (Å²) in [5, 5.41) is 3.89. The normalized spacial score (nSPS) is 16.4. The van der Waals surface area contributed by atoms with E-state index in [9.17, 15) is 4.39 Å². The van der Waals surface area contributed by atoms with Gasteiger partial charge in [-0.1, -0.05) is 129 Å². The van der Waals surface area contributed by atoms with Crippen molar-refractivity contribution in [2.75, 3.05) is 4.90 Å². The van der Waals surface area contributed by atoms with E-state index in [-0.39, 0.29) is 11.6 Å². The Morgan fingerprint density at radius 3 is 2.00 bits per heavy atom. The first-order valence-corrected chi connectivity index (χ1v) is 18.3. The Balaban J connectivity index is 1.17. The van der Waals surface area contributed by atoms with Crippen LogP contribution in [-0.2, 0) is 11.0 Å². The van der Waals surface area contributed by atoms with Crippen molar-refractivity contribution in [2.45, 2.75) is 24.9 Å². The van der Waals surface area contributed by atoms with Crippen LogP contribution >= 0.6 is 0 Å². The molecule has 1 atom stereocenters. The highest BCUT2D eigenvalue weighted by atomic mass is 19.1. The average Bonchev–Trinajstić information content (AvgIpc) is 3.44. The van der Waals surface area contributed by atoms with E-state index < -0.39 is 11.0 Å². The Kier molecular flexibility index (Phi) is 7.15. The van der Waals surface area contributed by atoms with Crippen LogP contribution in [0.3, 0.4) is 0 Å². The molecular formula is C50H35F2NO. The Bertz CT molecular complexity index is 2790. The molecule has 2 nitrogen and oxygen atoms in total. The highest BCUT2D eigenvalue weighted by Gasteiger charge is 2.44. The van der Waals surface area contributed by atoms with Gasteiger partial charge in [-0.15, -0.1) is 0 Å². The molecule has 1 aliphatic heterocycles. The van der Waals surface area contributed by atoms with Gasteiger partial charge in [0.1, 0.15) is 17.4 Å². The Hall–Kier alpha value is -6.52. The van der Waals surface area contributed by atoms with Crippen LogP contribution in [0.5, 0.6) is 5.75 Å². The molecule has 8 aromatic carbocycles. The smallest absolute Gasteiger partial charge is 0.178 e. The zero-order chi connectivity index (χ0) is 36.6. The third kappa shape index (κ3) is 4.76. The van der Waals surface area contributed by atoms with E-state index >= 15 is 4.39 Å². The number of nitrogens with zero attached hydrogens (tertiary/aromatic N) is 1. The first-order chi connectivity index (χ1) is 26.3. The number of halogens is 2. The minimum absolute atomic E-state index is 0.275. The van der Waals surface area contributed by atoms with Crippen LogP contribution in [0.25, 0.3) is 38.7 Å². The molecule has 0 radical (unpaired) electrons. The zero-order valence-corrected chi connectivity index (χ0v) is 29.9. The van der Waals surface area contributed by atoms with Gasteiger partial charge in [-0.05, 0) is 93.7 Å². The number of rotatable bonds is 5. The fourth-order valence-corrected chi connectivity index (χ4v) is 8.86. The molecule has 8 aromatic rings. The Labute approximate surface area is 313 Å². The van der Waals surface area contributed by atoms with Gasteiger partial charge in [0, 0.05) is 44.3 Å². The molecule has 0 saturated carbocycles. The summed E-state index contributed by atoms with van der Waals surface area (Å²) in [7, 11) is 0. The standard InChI is InChI=1S/C50H35F2NO/c1-49(2)44-31-36(52)23-27-41(44)46-40-26-22-35(51)30-43(40)48-42(47(46)49)28-29-50(54-48,33-14-5-3-6-15-33)34-20-24-38(25-21-34)53(37-16-7-4-8-17-37)45-19-11-13-32-12-9-10-18-39(32)45/h3-31H,1-2H3. The fraction of sp³-hybridized carbons (Fsp3) is 0.0800. The lowest BCUT2D eigenvalue weighted by atomic mass is 9.77. The molecular weight excluding hydrogens is 669 g/mol. The van der Waals surface area contributed by atoms with Crippen molar-refractivity contribution in [1.29, 1.82) is 0 Å². The van der Waals surface area contributed by atoms with Crippen molar-refractivity contribution in [2.24, 2.45) is 0 Å². The molecule has 4 heteroatoms. The number of hydrogen-bond acceptors (Lipinski definition) is 2. The van der Waals surface area contributed by atoms with E-state index in [4.69, 9.17) is 4.74 Å². The lowest BCUT2D eigenvalue weighted by Gasteiger charge is -2.38. The van der Waals surface area contributed by atoms with Crippen LogP contribution in [0.2, 0.25) is 0 Å². The highest BCUT2D eigenvalue weighted by molar-refractivity contribution is 6.08. The SMILES string of the molecule is CC1(C)c2cc(F)ccc2-c2c1c1c(c3cc(F)ccc23)OC(c2ccccc2)(c2ccc(N(c3ccccc3)c3cccc4ccccc34)cc2)C=C1. The number of para-hydroxylation sites is 1. The van der Waals surface area contributed by atoms with Crippen LogP contribution in [-0.4, -0.2) is 0 Å². The Morgan fingerprint density at radius 2 is 1.20 bits per heavy atom. The third-order valence-corrected chi connectivity index (χ3v) is 11.3. The molecule has 260 valence electrons. The topological polar surface area (TPSA) is 12.5 Å². The zero-order valence-electron chi connectivity index (χ0n) is 29.9. The lowest BCUT2D eigenvalue weighted by Crippen LogP contribution is -2.35. The maximum absolute atomic E-state index is 15.3. The highest BCUT2D eigenvalue weighted by Crippen LogP contribution is 2.58. The molecule has 54 heavy (non-hydrogen) atoms. The minimum atomic E-state index is -1.03. The van der Waals surface area contributed by atoms with E-state index in [1.165, 1.54) is 17.5 Å². The quantitative estimate of drug-likeness (QED) is 0.177. The average molecular weight is 704 g/mol. The minimum Gasteiger partial charge on any atom is -0.472 e. The van der Waals surface area contributed by atoms with E-state index in [1.807, 2.05) is 36.4 Å². The van der Waals surface area contributed by atoms with Crippen molar-refractivity contribution in [3.8, 4) is 16.9 Å². The van der Waals surface area contributed by atoms with Crippen LogP contribution in [0.15, 0.2) is 170 Å². The summed E-state index contributed by atoms with van der Waals surface area (Å²) >= 11 is 0. The van der Waals surface area contributed by atoms with Crippen LogP contribution in [0, 0.1) is 11.6 Å². The van der Waals surface area contributed by atoms with E-state index in [1.54, 1.807) is 12.1 Å². The second-order valence-electron chi connectivity index (χ2n) is 14.8. The molecule has 0 saturated heterocycles. The van der Waals surface area contributed by atoms with Crippen LogP contribution < -0.4 is 9.64 Å². The van der Waals surface area contributed by atoms with Gasteiger partial charge >= 0.3 is 0 Å². The van der Waals surface area contributed by atoms with E-state index in [0.29, 0.717) is 11.1 Å². The van der Waals surface area contributed by atoms with Crippen molar-refractivity contribution in [3.63, 3.8) is 0 Å². The largest absolute Gasteiger partial charge is 0.472 e. The molecule has 0 aromatic heterocycles. The predicted molar refractivity (Wildman–Crippen MR) is 217 cm³/mol. The van der Waals surface area contributed by atoms with Gasteiger partial charge in [-0.2, -0.15) is 0 Å². The second-order valence-corrected chi connectivity index (χ2v) is 14.8. The van der Waals surface area contributed by atoms with Gasteiger partial charge in [0.2, 0.25) is 0 Å². The van der Waals surface area contributed by atoms with E-state index in [2.05, 4.69) is 134 Å². The maximum Gasteiger partial charge on any atom is 0.178 e. The summed E-state index contributed by atoms with van der Waals surface area (Å²) in [6.07, 6.45) is 4.27. The summed E-state index contributed by atoms with van der Waals surface area (Å²) in [5.41, 5.74) is 8.28. The van der Waals surface area contributed by atoms with Gasteiger partial charge < -0.3 is 9.64 Å². The molecule has 1 aliphatic carbocycles. The monoisotopic (exact) mass is 703 g/mol. The number of fused-ring (bicyclic) bond motifs is 9. The lowest BCUT2D eigenvalue weighted by molar-refractivity contribution is 0.163. The molecule has 1 heterocycles. The molecule has 10 rings (SSSR count). The summed E-state index contributed by atoms with van der Waals surface area (Å²) in [6.45, 7) is 4.26. The van der Waals surface area contributed by atoms with E-state index in [0.717, 1.165) is 66.8 Å². The molecule has 0 N–H and O–H groups in total. The predicted octanol–water partition coefficient (Wildman–Crippen LogP) is 13.4. The number of anilines is 3. The molecule has 2 aliphatic rings. The van der Waals surface area contributed by atoms with Gasteiger partial charge in [-0.25, -0.2) is 8.78 Å². The molecule has 0 bridgehead atoms. The summed E-state index contributed by atoms with van der Waals surface area (Å²) < 4.78 is 37.4. The molecule has 0 amide bonds. The maximum atomic E-state index is 15.3. The van der Waals surface area contributed by atoms with Gasteiger partial charge in [-0.3, -0.25) is 0 Å². The second kappa shape index (κ2) is 12.0. The van der Waals surface area contributed by atoms with Gasteiger partial charge in [0.25, 0.3) is 0 Å². The molecule has 0 fully saturated rings. The number of benzene rings is 8. The van der Waals surface area contributed by atoms with Crippen molar-refractivity contribution in [3.05, 3.63) is 209 Å². The fourth-order valence-electron chi connectivity index (χ4n) is 8.86. The van der Waals surface area contributed by atoms with Gasteiger partial charge in [0.15, 0.2) is 5.60 Å². The van der Waals surface area contributed by atoms with Crippen LogP contribution in [0.4, 0.5) is 25.8 Å². The first-order valence-electron chi connectivity index (χ1n) is 18.3. The summed E-state index contributed by atoms with van der Waals surface area (Å²) in [4.78, 5) is 2.29. The van der Waals surface area contributed by atoms with Gasteiger partial charge in [0.05, 0.1) is 5.69 Å². The van der Waals surface area contributed by atoms with Crippen molar-refractivity contribution in [1.82, 2.24) is 0 Å². The summed E-state index contributed by atoms with van der Waals surface area (Å²) in [5.74, 6) is -0.00587. The van der Waals surface area contributed by atoms with Crippen molar-refractivity contribution < 1.29 is 13.5 Å².